The Morgan fingerprint density at radius 3 is 2.25 bits per heavy atom. The van der Waals surface area contributed by atoms with E-state index < -0.39 is 14.9 Å². The van der Waals surface area contributed by atoms with Gasteiger partial charge in [-0.1, -0.05) is 31.0 Å². The van der Waals surface area contributed by atoms with E-state index in [9.17, 15) is 18.5 Å². The second-order valence-corrected chi connectivity index (χ2v) is 9.30. The summed E-state index contributed by atoms with van der Waals surface area (Å²) in [7, 11) is -3.96. The van der Waals surface area contributed by atoms with Crippen LogP contribution in [0.4, 0.5) is 17.2 Å². The van der Waals surface area contributed by atoms with Crippen molar-refractivity contribution < 1.29 is 13.3 Å². The van der Waals surface area contributed by atoms with E-state index in [1.165, 1.54) is 31.0 Å². The topological polar surface area (TPSA) is 118 Å². The Morgan fingerprint density at radius 1 is 0.906 bits per heavy atom. The number of rotatable bonds is 6. The molecule has 1 saturated heterocycles. The predicted octanol–water partition coefficient (Wildman–Crippen LogP) is 4.23. The molecule has 2 aromatic carbocycles. The smallest absolute Gasteiger partial charge is 0.270 e. The van der Waals surface area contributed by atoms with Gasteiger partial charge in [0.05, 0.1) is 15.5 Å². The van der Waals surface area contributed by atoms with Crippen molar-refractivity contribution >= 4 is 27.2 Å². The SMILES string of the molecule is O=[N+]([O-])c1cccc(S(=O)(=O)Nc2ccc(-c3ccc(N4CCCCCC4)nn3)cc2)c1. The summed E-state index contributed by atoms with van der Waals surface area (Å²) in [6, 6.07) is 15.5. The molecule has 9 nitrogen and oxygen atoms in total. The standard InChI is InChI=1S/C22H23N5O4S/c28-27(29)19-6-5-7-20(16-19)32(30,31)25-18-10-8-17(9-11-18)21-12-13-22(24-23-21)26-14-3-1-2-4-15-26/h5-13,16,25H,1-4,14-15H2. The van der Waals surface area contributed by atoms with Crippen LogP contribution < -0.4 is 9.62 Å². The average Bonchev–Trinajstić information content (AvgIpc) is 3.09. The number of nitro groups is 1. The number of nitrogens with zero attached hydrogens (tertiary/aromatic N) is 4. The molecule has 0 unspecified atom stereocenters. The largest absolute Gasteiger partial charge is 0.355 e. The number of aromatic nitrogens is 2. The summed E-state index contributed by atoms with van der Waals surface area (Å²) in [6.45, 7) is 1.99. The molecule has 0 saturated carbocycles. The molecule has 32 heavy (non-hydrogen) atoms. The Labute approximate surface area is 186 Å². The molecule has 0 spiro atoms. The van der Waals surface area contributed by atoms with Gasteiger partial charge >= 0.3 is 0 Å². The van der Waals surface area contributed by atoms with E-state index in [-0.39, 0.29) is 10.6 Å². The van der Waals surface area contributed by atoms with Crippen molar-refractivity contribution in [2.75, 3.05) is 22.7 Å². The molecule has 166 valence electrons. The number of benzene rings is 2. The Kier molecular flexibility index (Phi) is 6.31. The molecule has 1 fully saturated rings. The van der Waals surface area contributed by atoms with Gasteiger partial charge in [0, 0.05) is 36.5 Å². The molecule has 10 heteroatoms. The van der Waals surface area contributed by atoms with Crippen molar-refractivity contribution in [3.63, 3.8) is 0 Å². The number of nitrogens with one attached hydrogen (secondary N) is 1. The maximum Gasteiger partial charge on any atom is 0.270 e. The molecule has 1 N–H and O–H groups in total. The molecule has 0 atom stereocenters. The summed E-state index contributed by atoms with van der Waals surface area (Å²) in [6.07, 6.45) is 4.83. The minimum absolute atomic E-state index is 0.175. The summed E-state index contributed by atoms with van der Waals surface area (Å²) in [5, 5.41) is 19.6. The zero-order valence-electron chi connectivity index (χ0n) is 17.3. The van der Waals surface area contributed by atoms with Crippen LogP contribution in [-0.2, 0) is 10.0 Å². The van der Waals surface area contributed by atoms with E-state index in [1.54, 1.807) is 24.3 Å². The lowest BCUT2D eigenvalue weighted by Crippen LogP contribution is -2.25. The molecule has 0 radical (unpaired) electrons. The molecule has 1 aliphatic heterocycles. The highest BCUT2D eigenvalue weighted by Gasteiger charge is 2.18. The molecule has 2 heterocycles. The van der Waals surface area contributed by atoms with Crippen LogP contribution in [0, 0.1) is 10.1 Å². The fraction of sp³-hybridized carbons (Fsp3) is 0.273. The zero-order valence-corrected chi connectivity index (χ0v) is 18.2. The summed E-state index contributed by atoms with van der Waals surface area (Å²) in [5.41, 5.74) is 1.55. The highest BCUT2D eigenvalue weighted by Crippen LogP contribution is 2.24. The van der Waals surface area contributed by atoms with Crippen molar-refractivity contribution in [2.45, 2.75) is 30.6 Å². The van der Waals surface area contributed by atoms with Crippen molar-refractivity contribution in [2.24, 2.45) is 0 Å². The Balaban J connectivity index is 1.47. The fourth-order valence-corrected chi connectivity index (χ4v) is 4.73. The number of non-ortho nitro benzene ring substituents is 1. The molecule has 1 aromatic heterocycles. The van der Waals surface area contributed by atoms with Crippen LogP contribution in [0.1, 0.15) is 25.7 Å². The van der Waals surface area contributed by atoms with E-state index >= 15 is 0 Å². The monoisotopic (exact) mass is 453 g/mol. The third-order valence-corrected chi connectivity index (χ3v) is 6.73. The highest BCUT2D eigenvalue weighted by molar-refractivity contribution is 7.92. The molecule has 0 bridgehead atoms. The van der Waals surface area contributed by atoms with Crippen LogP contribution in [0.2, 0.25) is 0 Å². The minimum Gasteiger partial charge on any atom is -0.355 e. The van der Waals surface area contributed by atoms with E-state index in [2.05, 4.69) is 19.8 Å². The van der Waals surface area contributed by atoms with Crippen LogP contribution in [0.5, 0.6) is 0 Å². The second kappa shape index (κ2) is 9.31. The molecule has 3 aromatic rings. The lowest BCUT2D eigenvalue weighted by molar-refractivity contribution is -0.385. The molecular formula is C22H23N5O4S. The summed E-state index contributed by atoms with van der Waals surface area (Å²) >= 11 is 0. The summed E-state index contributed by atoms with van der Waals surface area (Å²) in [4.78, 5) is 12.4. The van der Waals surface area contributed by atoms with Gasteiger partial charge in [0.25, 0.3) is 15.7 Å². The van der Waals surface area contributed by atoms with Crippen molar-refractivity contribution in [1.29, 1.82) is 0 Å². The van der Waals surface area contributed by atoms with Gasteiger partial charge in [-0.2, -0.15) is 0 Å². The quantitative estimate of drug-likeness (QED) is 0.438. The molecule has 4 rings (SSSR count). The third-order valence-electron chi connectivity index (χ3n) is 5.35. The van der Waals surface area contributed by atoms with Crippen molar-refractivity contribution in [1.82, 2.24) is 10.2 Å². The van der Waals surface area contributed by atoms with E-state index in [4.69, 9.17) is 0 Å². The first-order valence-electron chi connectivity index (χ1n) is 10.4. The van der Waals surface area contributed by atoms with Gasteiger partial charge < -0.3 is 4.90 Å². The van der Waals surface area contributed by atoms with E-state index in [0.717, 1.165) is 43.4 Å². The van der Waals surface area contributed by atoms with Gasteiger partial charge in [-0.05, 0) is 43.2 Å². The first kappa shape index (κ1) is 21.7. The number of nitro benzene ring substituents is 1. The van der Waals surface area contributed by atoms with Gasteiger partial charge in [-0.15, -0.1) is 10.2 Å². The number of hydrogen-bond donors (Lipinski definition) is 1. The third kappa shape index (κ3) is 5.02. The molecular weight excluding hydrogens is 430 g/mol. The summed E-state index contributed by atoms with van der Waals surface area (Å²) in [5.74, 6) is 0.872. The fourth-order valence-electron chi connectivity index (χ4n) is 3.63. The van der Waals surface area contributed by atoms with Crippen LogP contribution in [0.15, 0.2) is 65.6 Å². The Bertz CT molecular complexity index is 1190. The molecule has 0 aliphatic carbocycles. The normalized spacial score (nSPS) is 14.6. The average molecular weight is 454 g/mol. The zero-order chi connectivity index (χ0) is 22.6. The van der Waals surface area contributed by atoms with Crippen molar-refractivity contribution in [3.8, 4) is 11.3 Å². The lowest BCUT2D eigenvalue weighted by atomic mass is 10.1. The van der Waals surface area contributed by atoms with Gasteiger partial charge in [-0.3, -0.25) is 14.8 Å². The molecule has 1 aliphatic rings. The molecule has 0 amide bonds. The van der Waals surface area contributed by atoms with Crippen LogP contribution in [-0.4, -0.2) is 36.6 Å². The van der Waals surface area contributed by atoms with Gasteiger partial charge in [0.1, 0.15) is 0 Å². The maximum atomic E-state index is 12.6. The highest BCUT2D eigenvalue weighted by atomic mass is 32.2. The van der Waals surface area contributed by atoms with Crippen LogP contribution >= 0.6 is 0 Å². The number of hydrogen-bond acceptors (Lipinski definition) is 7. The minimum atomic E-state index is -3.96. The number of sulfonamides is 1. The summed E-state index contributed by atoms with van der Waals surface area (Å²) < 4.78 is 27.6. The van der Waals surface area contributed by atoms with Crippen LogP contribution in [0.3, 0.4) is 0 Å². The van der Waals surface area contributed by atoms with Crippen LogP contribution in [0.25, 0.3) is 11.3 Å². The van der Waals surface area contributed by atoms with Gasteiger partial charge in [0.15, 0.2) is 5.82 Å². The number of anilines is 2. The van der Waals surface area contributed by atoms with Gasteiger partial charge in [0.2, 0.25) is 0 Å². The Hall–Kier alpha value is -3.53. The van der Waals surface area contributed by atoms with E-state index in [1.807, 2.05) is 12.1 Å². The first-order valence-corrected chi connectivity index (χ1v) is 11.9. The van der Waals surface area contributed by atoms with Crippen molar-refractivity contribution in [3.05, 3.63) is 70.8 Å². The maximum absolute atomic E-state index is 12.6. The lowest BCUT2D eigenvalue weighted by Gasteiger charge is -2.20. The van der Waals surface area contributed by atoms with E-state index in [0.29, 0.717) is 11.4 Å². The predicted molar refractivity (Wildman–Crippen MR) is 122 cm³/mol. The first-order chi connectivity index (χ1) is 15.4. The Morgan fingerprint density at radius 2 is 1.62 bits per heavy atom. The second-order valence-electron chi connectivity index (χ2n) is 7.62. The van der Waals surface area contributed by atoms with Gasteiger partial charge in [-0.25, -0.2) is 8.42 Å².